The second-order valence-corrected chi connectivity index (χ2v) is 3.99. The zero-order valence-electron chi connectivity index (χ0n) is 10.4. The van der Waals surface area contributed by atoms with Gasteiger partial charge in [-0.2, -0.15) is 0 Å². The minimum atomic E-state index is -0.862. The van der Waals surface area contributed by atoms with Gasteiger partial charge in [-0.25, -0.2) is 4.79 Å². The van der Waals surface area contributed by atoms with Gasteiger partial charge in [0.2, 0.25) is 0 Å². The van der Waals surface area contributed by atoms with Crippen molar-refractivity contribution in [3.63, 3.8) is 0 Å². The first-order valence-corrected chi connectivity index (χ1v) is 5.82. The van der Waals surface area contributed by atoms with Crippen molar-refractivity contribution in [2.45, 2.75) is 26.8 Å². The highest BCUT2D eigenvalue weighted by Crippen LogP contribution is 2.04. The summed E-state index contributed by atoms with van der Waals surface area (Å²) in [6.45, 7) is 5.06. The number of benzene rings is 1. The van der Waals surface area contributed by atoms with Crippen LogP contribution in [0.1, 0.15) is 25.0 Å². The van der Waals surface area contributed by atoms with Gasteiger partial charge >= 0.3 is 5.97 Å². The minimum absolute atomic E-state index is 0.374. The molecule has 92 valence electrons. The molecule has 0 saturated carbocycles. The van der Waals surface area contributed by atoms with Gasteiger partial charge < -0.3 is 10.4 Å². The molecule has 3 nitrogen and oxygen atoms in total. The van der Waals surface area contributed by atoms with Crippen molar-refractivity contribution in [2.75, 3.05) is 6.54 Å². The number of nitrogens with one attached hydrogen (secondary N) is 1. The van der Waals surface area contributed by atoms with E-state index in [4.69, 9.17) is 5.11 Å². The lowest BCUT2D eigenvalue weighted by Gasteiger charge is -2.03. The maximum Gasteiger partial charge on any atom is 0.330 e. The van der Waals surface area contributed by atoms with Crippen LogP contribution in [0.3, 0.4) is 0 Å². The van der Waals surface area contributed by atoms with Crippen LogP contribution in [0.5, 0.6) is 0 Å². The smallest absolute Gasteiger partial charge is 0.330 e. The van der Waals surface area contributed by atoms with Gasteiger partial charge in [-0.05, 0) is 24.5 Å². The van der Waals surface area contributed by atoms with Crippen LogP contribution in [0.15, 0.2) is 35.9 Å². The van der Waals surface area contributed by atoms with Crippen molar-refractivity contribution in [3.05, 3.63) is 47.0 Å². The summed E-state index contributed by atoms with van der Waals surface area (Å²) < 4.78 is 0. The highest BCUT2D eigenvalue weighted by molar-refractivity contribution is 5.85. The number of aliphatic carboxylic acids is 1. The van der Waals surface area contributed by atoms with E-state index in [1.807, 2.05) is 0 Å². The molecule has 1 rings (SSSR count). The Bertz CT molecular complexity index is 393. The van der Waals surface area contributed by atoms with Gasteiger partial charge in [0.05, 0.1) is 0 Å². The molecule has 0 saturated heterocycles. The third-order valence-corrected chi connectivity index (χ3v) is 2.65. The largest absolute Gasteiger partial charge is 0.478 e. The molecule has 17 heavy (non-hydrogen) atoms. The zero-order valence-corrected chi connectivity index (χ0v) is 10.4. The maximum atomic E-state index is 10.5. The molecule has 0 fully saturated rings. The highest BCUT2D eigenvalue weighted by Gasteiger charge is 1.97. The van der Waals surface area contributed by atoms with E-state index in [0.29, 0.717) is 12.1 Å². The minimum Gasteiger partial charge on any atom is -0.478 e. The Balaban J connectivity index is 2.36. The van der Waals surface area contributed by atoms with Crippen molar-refractivity contribution < 1.29 is 9.90 Å². The van der Waals surface area contributed by atoms with Crippen molar-refractivity contribution in [1.82, 2.24) is 5.32 Å². The number of aryl methyl sites for hydroxylation is 1. The molecular formula is C14H19NO2. The molecule has 1 aromatic rings. The molecule has 0 aliphatic carbocycles. The van der Waals surface area contributed by atoms with Crippen molar-refractivity contribution in [2.24, 2.45) is 0 Å². The molecule has 0 unspecified atom stereocenters. The number of carboxylic acid groups (broad SMARTS) is 1. The number of rotatable bonds is 6. The molecule has 0 amide bonds. The van der Waals surface area contributed by atoms with Crippen LogP contribution in [-0.2, 0) is 17.8 Å². The lowest BCUT2D eigenvalue weighted by atomic mass is 10.1. The van der Waals surface area contributed by atoms with Crippen molar-refractivity contribution in [1.29, 1.82) is 0 Å². The topological polar surface area (TPSA) is 49.3 Å². The molecule has 0 atom stereocenters. The van der Waals surface area contributed by atoms with E-state index in [1.54, 1.807) is 13.0 Å². The van der Waals surface area contributed by atoms with Gasteiger partial charge in [0.1, 0.15) is 0 Å². The molecular weight excluding hydrogens is 214 g/mol. The summed E-state index contributed by atoms with van der Waals surface area (Å²) >= 11 is 0. The van der Waals surface area contributed by atoms with Crippen molar-refractivity contribution >= 4 is 5.97 Å². The average molecular weight is 233 g/mol. The van der Waals surface area contributed by atoms with E-state index < -0.39 is 5.97 Å². The summed E-state index contributed by atoms with van der Waals surface area (Å²) in [6.07, 6.45) is 2.73. The van der Waals surface area contributed by atoms with E-state index in [0.717, 1.165) is 13.0 Å². The van der Waals surface area contributed by atoms with Crippen LogP contribution in [-0.4, -0.2) is 17.6 Å². The summed E-state index contributed by atoms with van der Waals surface area (Å²) in [4.78, 5) is 10.5. The maximum absolute atomic E-state index is 10.5. The highest BCUT2D eigenvalue weighted by atomic mass is 16.4. The fourth-order valence-electron chi connectivity index (χ4n) is 1.42. The first-order chi connectivity index (χ1) is 8.13. The molecule has 0 heterocycles. The van der Waals surface area contributed by atoms with Crippen LogP contribution >= 0.6 is 0 Å². The SMILES string of the molecule is CCc1ccc(CNC/C=C(/C)C(=O)O)cc1. The van der Waals surface area contributed by atoms with E-state index in [-0.39, 0.29) is 0 Å². The summed E-state index contributed by atoms with van der Waals surface area (Å²) in [7, 11) is 0. The van der Waals surface area contributed by atoms with Crippen LogP contribution in [0, 0.1) is 0 Å². The Hall–Kier alpha value is -1.61. The quantitative estimate of drug-likeness (QED) is 0.586. The Kier molecular flexibility index (Phi) is 5.43. The third-order valence-electron chi connectivity index (χ3n) is 2.65. The predicted molar refractivity (Wildman–Crippen MR) is 68.9 cm³/mol. The second-order valence-electron chi connectivity index (χ2n) is 3.99. The monoisotopic (exact) mass is 233 g/mol. The Labute approximate surface area is 102 Å². The van der Waals surface area contributed by atoms with E-state index in [2.05, 4.69) is 36.5 Å². The molecule has 0 radical (unpaired) electrons. The molecule has 0 spiro atoms. The Morgan fingerprint density at radius 1 is 1.29 bits per heavy atom. The lowest BCUT2D eigenvalue weighted by molar-refractivity contribution is -0.132. The summed E-state index contributed by atoms with van der Waals surface area (Å²) in [5.74, 6) is -0.862. The first-order valence-electron chi connectivity index (χ1n) is 5.82. The van der Waals surface area contributed by atoms with Crippen LogP contribution in [0.4, 0.5) is 0 Å². The van der Waals surface area contributed by atoms with Crippen LogP contribution in [0.25, 0.3) is 0 Å². The van der Waals surface area contributed by atoms with Gasteiger partial charge in [0.25, 0.3) is 0 Å². The van der Waals surface area contributed by atoms with Gasteiger partial charge in [0.15, 0.2) is 0 Å². The first kappa shape index (κ1) is 13.5. The Morgan fingerprint density at radius 2 is 1.88 bits per heavy atom. The summed E-state index contributed by atoms with van der Waals surface area (Å²) in [5, 5.41) is 11.8. The number of hydrogen-bond acceptors (Lipinski definition) is 2. The standard InChI is InChI=1S/C14H19NO2/c1-3-12-4-6-13(7-5-12)10-15-9-8-11(2)14(16)17/h4-8,15H,3,9-10H2,1-2H3,(H,16,17)/b11-8-. The summed E-state index contributed by atoms with van der Waals surface area (Å²) in [5.41, 5.74) is 2.91. The Morgan fingerprint density at radius 3 is 2.41 bits per heavy atom. The van der Waals surface area contributed by atoms with Crippen molar-refractivity contribution in [3.8, 4) is 0 Å². The molecule has 0 aromatic heterocycles. The fourth-order valence-corrected chi connectivity index (χ4v) is 1.42. The number of hydrogen-bond donors (Lipinski definition) is 2. The fraction of sp³-hybridized carbons (Fsp3) is 0.357. The molecule has 3 heteroatoms. The zero-order chi connectivity index (χ0) is 12.7. The molecule has 1 aromatic carbocycles. The molecule has 0 aliphatic heterocycles. The van der Waals surface area contributed by atoms with Gasteiger partial charge in [0, 0.05) is 18.7 Å². The van der Waals surface area contributed by atoms with Gasteiger partial charge in [-0.3, -0.25) is 0 Å². The third kappa shape index (κ3) is 4.83. The number of carboxylic acids is 1. The van der Waals surface area contributed by atoms with Gasteiger partial charge in [-0.1, -0.05) is 37.3 Å². The van der Waals surface area contributed by atoms with Crippen LogP contribution in [0.2, 0.25) is 0 Å². The molecule has 0 bridgehead atoms. The average Bonchev–Trinajstić information content (AvgIpc) is 2.35. The van der Waals surface area contributed by atoms with E-state index in [1.165, 1.54) is 11.1 Å². The molecule has 0 aliphatic rings. The van der Waals surface area contributed by atoms with Gasteiger partial charge in [-0.15, -0.1) is 0 Å². The lowest BCUT2D eigenvalue weighted by Crippen LogP contribution is -2.14. The number of carbonyl (C=O) groups is 1. The summed E-state index contributed by atoms with van der Waals surface area (Å²) in [6, 6.07) is 8.43. The predicted octanol–water partition coefficient (Wildman–Crippen LogP) is 2.37. The van der Waals surface area contributed by atoms with Crippen LogP contribution < -0.4 is 5.32 Å². The second kappa shape index (κ2) is 6.86. The molecule has 2 N–H and O–H groups in total. The van der Waals surface area contributed by atoms with E-state index in [9.17, 15) is 4.79 Å². The normalized spacial score (nSPS) is 11.5. The van der Waals surface area contributed by atoms with E-state index >= 15 is 0 Å².